The van der Waals surface area contributed by atoms with Gasteiger partial charge >= 0.3 is 6.09 Å². The molecule has 1 aromatic carbocycles. The van der Waals surface area contributed by atoms with Gasteiger partial charge in [0.2, 0.25) is 5.91 Å². The lowest BCUT2D eigenvalue weighted by atomic mass is 9.86. The van der Waals surface area contributed by atoms with E-state index in [1.807, 2.05) is 30.3 Å². The highest BCUT2D eigenvalue weighted by atomic mass is 16.7. The van der Waals surface area contributed by atoms with Crippen LogP contribution in [0.1, 0.15) is 12.0 Å². The highest BCUT2D eigenvalue weighted by Gasteiger charge is 2.50. The molecule has 0 N–H and O–H groups in total. The van der Waals surface area contributed by atoms with E-state index in [2.05, 4.69) is 10.0 Å². The average molecular weight is 372 g/mol. The lowest BCUT2D eigenvalue weighted by Gasteiger charge is -2.27. The molecule has 9 nitrogen and oxygen atoms in total. The number of nitrogens with zero attached hydrogens (tertiary/aromatic N) is 4. The van der Waals surface area contributed by atoms with Crippen molar-refractivity contribution in [2.24, 2.45) is 17.0 Å². The zero-order valence-corrected chi connectivity index (χ0v) is 14.6. The third-order valence-corrected chi connectivity index (χ3v) is 5.43. The number of benzene rings is 1. The van der Waals surface area contributed by atoms with Crippen LogP contribution in [0.3, 0.4) is 0 Å². The van der Waals surface area contributed by atoms with Gasteiger partial charge in [0.1, 0.15) is 12.6 Å². The van der Waals surface area contributed by atoms with Crippen molar-refractivity contribution in [2.75, 3.05) is 19.8 Å². The van der Waals surface area contributed by atoms with Gasteiger partial charge in [0, 0.05) is 16.7 Å². The number of ether oxygens (including phenoxy) is 3. The second kappa shape index (κ2) is 7.56. The van der Waals surface area contributed by atoms with E-state index in [0.29, 0.717) is 13.0 Å². The van der Waals surface area contributed by atoms with Crippen LogP contribution in [0.15, 0.2) is 35.4 Å². The van der Waals surface area contributed by atoms with E-state index in [-0.39, 0.29) is 31.3 Å². The van der Waals surface area contributed by atoms with Gasteiger partial charge in [-0.2, -0.15) is 0 Å². The Balaban J connectivity index is 1.55. The van der Waals surface area contributed by atoms with Crippen LogP contribution in [-0.4, -0.2) is 55.1 Å². The van der Waals surface area contributed by atoms with Crippen LogP contribution in [0.25, 0.3) is 10.4 Å². The van der Waals surface area contributed by atoms with Gasteiger partial charge in [-0.15, -0.1) is 0 Å². The number of hydrogen-bond donors (Lipinski definition) is 0. The predicted octanol–water partition coefficient (Wildman–Crippen LogP) is 2.26. The fraction of sp³-hybridized carbons (Fsp3) is 0.556. The monoisotopic (exact) mass is 372 g/mol. The number of fused-ring (bicyclic) bond motifs is 1. The Morgan fingerprint density at radius 2 is 2.11 bits per heavy atom. The molecule has 0 saturated carbocycles. The lowest BCUT2D eigenvalue weighted by Crippen LogP contribution is -2.48. The van der Waals surface area contributed by atoms with Crippen molar-refractivity contribution in [3.05, 3.63) is 46.3 Å². The molecule has 5 atom stereocenters. The normalized spacial score (nSPS) is 30.5. The van der Waals surface area contributed by atoms with Gasteiger partial charge in [0.15, 0.2) is 6.29 Å². The highest BCUT2D eigenvalue weighted by Crippen LogP contribution is 2.39. The van der Waals surface area contributed by atoms with Crippen LogP contribution >= 0.6 is 0 Å². The molecule has 0 radical (unpaired) electrons. The molecule has 3 aliphatic rings. The fourth-order valence-electron chi connectivity index (χ4n) is 4.11. The number of rotatable bonds is 5. The maximum absolute atomic E-state index is 13.2. The Labute approximate surface area is 155 Å². The van der Waals surface area contributed by atoms with Crippen molar-refractivity contribution >= 4 is 12.0 Å². The van der Waals surface area contributed by atoms with Crippen LogP contribution < -0.4 is 0 Å². The summed E-state index contributed by atoms with van der Waals surface area (Å²) in [6.07, 6.45) is 0.150. The molecule has 0 bridgehead atoms. The van der Waals surface area contributed by atoms with Gasteiger partial charge in [-0.05, 0) is 23.9 Å². The quantitative estimate of drug-likeness (QED) is 0.447. The minimum atomic E-state index is -1.02. The molecule has 0 spiro atoms. The first-order chi connectivity index (χ1) is 13.2. The van der Waals surface area contributed by atoms with E-state index >= 15 is 0 Å². The molecule has 3 fully saturated rings. The van der Waals surface area contributed by atoms with Gasteiger partial charge in [-0.3, -0.25) is 4.79 Å². The minimum Gasteiger partial charge on any atom is -0.447 e. The van der Waals surface area contributed by atoms with E-state index in [0.717, 1.165) is 16.9 Å². The summed E-state index contributed by atoms with van der Waals surface area (Å²) in [6, 6.07) is 8.12. The topological polar surface area (TPSA) is 114 Å². The van der Waals surface area contributed by atoms with Crippen LogP contribution in [0, 0.1) is 11.8 Å². The third-order valence-electron chi connectivity index (χ3n) is 5.43. The van der Waals surface area contributed by atoms with Crippen molar-refractivity contribution in [1.82, 2.24) is 4.90 Å². The second-order valence-corrected chi connectivity index (χ2v) is 6.97. The minimum absolute atomic E-state index is 0.0179. The van der Waals surface area contributed by atoms with E-state index in [1.165, 1.54) is 0 Å². The van der Waals surface area contributed by atoms with Gasteiger partial charge in [0.05, 0.1) is 19.3 Å². The summed E-state index contributed by atoms with van der Waals surface area (Å²) in [5.74, 6) is -0.861. The van der Waals surface area contributed by atoms with Crippen molar-refractivity contribution in [1.29, 1.82) is 0 Å². The molecule has 4 rings (SSSR count). The molecule has 1 aromatic rings. The number of carbonyl (C=O) groups excluding carboxylic acids is 2. The summed E-state index contributed by atoms with van der Waals surface area (Å²) in [5, 5.41) is 3.73. The first-order valence-corrected chi connectivity index (χ1v) is 9.00. The first-order valence-electron chi connectivity index (χ1n) is 9.00. The third kappa shape index (κ3) is 3.37. The fourth-order valence-corrected chi connectivity index (χ4v) is 4.11. The summed E-state index contributed by atoms with van der Waals surface area (Å²) < 4.78 is 16.2. The number of hydrogen-bond acceptors (Lipinski definition) is 6. The summed E-state index contributed by atoms with van der Waals surface area (Å²) in [4.78, 5) is 29.4. The zero-order chi connectivity index (χ0) is 18.8. The smallest absolute Gasteiger partial charge is 0.416 e. The highest BCUT2D eigenvalue weighted by molar-refractivity contribution is 5.96. The maximum Gasteiger partial charge on any atom is 0.416 e. The first kappa shape index (κ1) is 17.8. The molecule has 0 unspecified atom stereocenters. The van der Waals surface area contributed by atoms with Crippen molar-refractivity contribution in [3.63, 3.8) is 0 Å². The SMILES string of the molecule is [N-]=[N+]=N[C@H](C(=O)N1C(=O)OC[C@@H]1Cc1ccccc1)[C@@H]1CO[C@@H]2OCC[C@@H]21. The Bertz CT molecular complexity index is 766. The average Bonchev–Trinajstić information content (AvgIpc) is 3.37. The Morgan fingerprint density at radius 3 is 2.89 bits per heavy atom. The summed E-state index contributed by atoms with van der Waals surface area (Å²) in [6.45, 7) is 0.932. The van der Waals surface area contributed by atoms with Crippen LogP contribution in [0.2, 0.25) is 0 Å². The Hall–Kier alpha value is -2.61. The zero-order valence-electron chi connectivity index (χ0n) is 14.6. The number of imide groups is 1. The van der Waals surface area contributed by atoms with Crippen molar-refractivity contribution in [3.8, 4) is 0 Å². The van der Waals surface area contributed by atoms with E-state index < -0.39 is 24.1 Å². The number of amides is 2. The van der Waals surface area contributed by atoms with Crippen molar-refractivity contribution < 1.29 is 23.8 Å². The molecule has 2 amide bonds. The molecule has 3 aliphatic heterocycles. The van der Waals surface area contributed by atoms with Crippen LogP contribution in [-0.2, 0) is 25.4 Å². The Morgan fingerprint density at radius 1 is 1.30 bits per heavy atom. The van der Waals surface area contributed by atoms with Crippen LogP contribution in [0.4, 0.5) is 4.79 Å². The predicted molar refractivity (Wildman–Crippen MR) is 92.4 cm³/mol. The standard InChI is InChI=1S/C18H20N4O5/c19-21-20-15(14-10-26-17-13(14)6-7-25-17)16(23)22-12(9-27-18(22)24)8-11-4-2-1-3-5-11/h1-5,12-15,17H,6-10H2/t12-,13+,14+,15-,17-/m0/s1. The number of carbonyl (C=O) groups is 2. The van der Waals surface area contributed by atoms with E-state index in [1.54, 1.807) is 0 Å². The summed E-state index contributed by atoms with van der Waals surface area (Å²) in [5.41, 5.74) is 9.99. The molecule has 0 aromatic heterocycles. The molecule has 3 heterocycles. The Kier molecular flexibility index (Phi) is 4.98. The molecule has 3 saturated heterocycles. The second-order valence-electron chi connectivity index (χ2n) is 6.97. The maximum atomic E-state index is 13.2. The summed E-state index contributed by atoms with van der Waals surface area (Å²) >= 11 is 0. The van der Waals surface area contributed by atoms with Gasteiger partial charge in [-0.1, -0.05) is 35.4 Å². The van der Waals surface area contributed by atoms with Gasteiger partial charge < -0.3 is 14.2 Å². The number of cyclic esters (lactones) is 1. The van der Waals surface area contributed by atoms with E-state index in [4.69, 9.17) is 19.7 Å². The molecular formula is C18H20N4O5. The number of azide groups is 1. The summed E-state index contributed by atoms with van der Waals surface area (Å²) in [7, 11) is 0. The molecule has 142 valence electrons. The van der Waals surface area contributed by atoms with E-state index in [9.17, 15) is 9.59 Å². The van der Waals surface area contributed by atoms with Crippen LogP contribution in [0.5, 0.6) is 0 Å². The largest absolute Gasteiger partial charge is 0.447 e. The molecule has 27 heavy (non-hydrogen) atoms. The van der Waals surface area contributed by atoms with Gasteiger partial charge in [0.25, 0.3) is 0 Å². The molecular weight excluding hydrogens is 352 g/mol. The lowest BCUT2D eigenvalue weighted by molar-refractivity contribution is -0.132. The molecule has 9 heteroatoms. The van der Waals surface area contributed by atoms with Crippen molar-refractivity contribution in [2.45, 2.75) is 31.2 Å². The van der Waals surface area contributed by atoms with Gasteiger partial charge in [-0.25, -0.2) is 9.69 Å². The molecule has 0 aliphatic carbocycles.